The minimum atomic E-state index is -0.524. The summed E-state index contributed by atoms with van der Waals surface area (Å²) in [6.07, 6.45) is 3.99. The number of non-ortho nitro benzene ring substituents is 1. The molecule has 2 aromatic heterocycles. The van der Waals surface area contributed by atoms with Crippen molar-refractivity contribution in [3.8, 4) is 0 Å². The number of hydrogen-bond acceptors (Lipinski definition) is 6. The lowest BCUT2D eigenvalue weighted by Crippen LogP contribution is -2.43. The van der Waals surface area contributed by atoms with Crippen LogP contribution in [0.4, 0.5) is 5.69 Å². The summed E-state index contributed by atoms with van der Waals surface area (Å²) in [5.41, 5.74) is 1.11. The van der Waals surface area contributed by atoms with Crippen LogP contribution >= 0.6 is 0 Å². The van der Waals surface area contributed by atoms with Gasteiger partial charge >= 0.3 is 0 Å². The summed E-state index contributed by atoms with van der Waals surface area (Å²) in [4.78, 5) is 40.1. The molecular weight excluding hydrogens is 440 g/mol. The van der Waals surface area contributed by atoms with Crippen LogP contribution < -0.4 is 0 Å². The third-order valence-corrected chi connectivity index (χ3v) is 5.40. The summed E-state index contributed by atoms with van der Waals surface area (Å²) >= 11 is 0. The van der Waals surface area contributed by atoms with Crippen molar-refractivity contribution in [2.24, 2.45) is 7.05 Å². The van der Waals surface area contributed by atoms with Gasteiger partial charge < -0.3 is 23.5 Å². The SMILES string of the molecule is COCCCN(CC(=O)N(Cc1ccco1)Cc1cccn1C)C(=O)c1ccc([N+](=O)[O-])cc1. The van der Waals surface area contributed by atoms with Gasteiger partial charge in [0.25, 0.3) is 11.6 Å². The highest BCUT2D eigenvalue weighted by Crippen LogP contribution is 2.16. The van der Waals surface area contributed by atoms with E-state index in [1.165, 1.54) is 29.2 Å². The lowest BCUT2D eigenvalue weighted by atomic mass is 10.1. The normalized spacial score (nSPS) is 10.8. The van der Waals surface area contributed by atoms with Crippen molar-refractivity contribution in [3.05, 3.63) is 88.1 Å². The van der Waals surface area contributed by atoms with Gasteiger partial charge in [0.15, 0.2) is 0 Å². The molecule has 0 atom stereocenters. The second-order valence-corrected chi connectivity index (χ2v) is 7.82. The van der Waals surface area contributed by atoms with E-state index < -0.39 is 4.92 Å². The number of nitrogens with zero attached hydrogens (tertiary/aromatic N) is 4. The summed E-state index contributed by atoms with van der Waals surface area (Å²) in [7, 11) is 3.47. The Morgan fingerprint density at radius 3 is 2.44 bits per heavy atom. The molecule has 0 unspecified atom stereocenters. The molecule has 0 saturated heterocycles. The van der Waals surface area contributed by atoms with Crippen LogP contribution in [-0.2, 0) is 29.7 Å². The highest BCUT2D eigenvalue weighted by atomic mass is 16.6. The molecule has 10 nitrogen and oxygen atoms in total. The van der Waals surface area contributed by atoms with Gasteiger partial charge in [-0.2, -0.15) is 0 Å². The third kappa shape index (κ3) is 6.55. The molecule has 0 fully saturated rings. The average Bonchev–Trinajstić information content (AvgIpc) is 3.49. The molecule has 10 heteroatoms. The first-order valence-electron chi connectivity index (χ1n) is 10.8. The van der Waals surface area contributed by atoms with Crippen LogP contribution in [0.15, 0.2) is 65.4 Å². The quantitative estimate of drug-likeness (QED) is 0.229. The molecule has 0 saturated carbocycles. The van der Waals surface area contributed by atoms with E-state index in [4.69, 9.17) is 9.15 Å². The van der Waals surface area contributed by atoms with Crippen LogP contribution in [0.3, 0.4) is 0 Å². The van der Waals surface area contributed by atoms with Gasteiger partial charge in [-0.25, -0.2) is 0 Å². The Kier molecular flexibility index (Phi) is 8.58. The molecule has 2 heterocycles. The first kappa shape index (κ1) is 24.7. The molecule has 2 amide bonds. The van der Waals surface area contributed by atoms with Gasteiger partial charge in [-0.1, -0.05) is 0 Å². The standard InChI is InChI=1S/C24H28N4O6/c1-25-12-3-6-21(25)16-27(17-22-7-4-15-34-22)23(29)18-26(13-5-14-33-2)24(30)19-8-10-20(11-9-19)28(31)32/h3-4,6-12,15H,5,13-14,16-18H2,1-2H3. The van der Waals surface area contributed by atoms with Crippen molar-refractivity contribution < 1.29 is 23.7 Å². The lowest BCUT2D eigenvalue weighted by molar-refractivity contribution is -0.384. The Morgan fingerprint density at radius 1 is 1.09 bits per heavy atom. The van der Waals surface area contributed by atoms with Gasteiger partial charge in [-0.15, -0.1) is 0 Å². The second kappa shape index (κ2) is 11.8. The third-order valence-electron chi connectivity index (χ3n) is 5.40. The van der Waals surface area contributed by atoms with Crippen molar-refractivity contribution in [1.82, 2.24) is 14.4 Å². The zero-order valence-corrected chi connectivity index (χ0v) is 19.3. The Balaban J connectivity index is 1.79. The smallest absolute Gasteiger partial charge is 0.269 e. The molecule has 0 bridgehead atoms. The lowest BCUT2D eigenvalue weighted by Gasteiger charge is -2.27. The highest BCUT2D eigenvalue weighted by Gasteiger charge is 2.24. The number of ether oxygens (including phenoxy) is 1. The summed E-state index contributed by atoms with van der Waals surface area (Å²) in [6.45, 7) is 1.19. The number of benzene rings is 1. The number of nitro benzene ring substituents is 1. The zero-order chi connectivity index (χ0) is 24.5. The van der Waals surface area contributed by atoms with E-state index in [-0.39, 0.29) is 36.2 Å². The van der Waals surface area contributed by atoms with Gasteiger partial charge in [0.2, 0.25) is 5.91 Å². The number of aromatic nitrogens is 1. The van der Waals surface area contributed by atoms with Gasteiger partial charge in [-0.3, -0.25) is 19.7 Å². The van der Waals surface area contributed by atoms with Crippen LogP contribution in [0.1, 0.15) is 28.2 Å². The second-order valence-electron chi connectivity index (χ2n) is 7.82. The summed E-state index contributed by atoms with van der Waals surface area (Å²) in [5, 5.41) is 10.9. The molecule has 0 radical (unpaired) electrons. The minimum Gasteiger partial charge on any atom is -0.467 e. The predicted molar refractivity (Wildman–Crippen MR) is 124 cm³/mol. The number of carbonyl (C=O) groups is 2. The van der Waals surface area contributed by atoms with Crippen LogP contribution in [-0.4, -0.2) is 57.9 Å². The first-order valence-corrected chi connectivity index (χ1v) is 10.8. The van der Waals surface area contributed by atoms with E-state index in [0.717, 1.165) is 5.69 Å². The Hall–Kier alpha value is -3.92. The Bertz CT molecular complexity index is 1090. The van der Waals surface area contributed by atoms with Crippen molar-refractivity contribution in [3.63, 3.8) is 0 Å². The number of aryl methyl sites for hydroxylation is 1. The van der Waals surface area contributed by atoms with Crippen LogP contribution in [0, 0.1) is 10.1 Å². The number of furan rings is 1. The molecule has 0 aliphatic rings. The van der Waals surface area contributed by atoms with Crippen molar-refractivity contribution in [1.29, 1.82) is 0 Å². The van der Waals surface area contributed by atoms with E-state index in [1.54, 1.807) is 30.4 Å². The first-order chi connectivity index (χ1) is 16.4. The number of rotatable bonds is 12. The summed E-state index contributed by atoms with van der Waals surface area (Å²) in [5.74, 6) is 0.0108. The topological polar surface area (TPSA) is 111 Å². The molecule has 0 aliphatic heterocycles. The largest absolute Gasteiger partial charge is 0.467 e. The van der Waals surface area contributed by atoms with Crippen LogP contribution in [0.5, 0.6) is 0 Å². The van der Waals surface area contributed by atoms with Gasteiger partial charge in [0.05, 0.1) is 24.3 Å². The minimum absolute atomic E-state index is 0.106. The van der Waals surface area contributed by atoms with Crippen molar-refractivity contribution in [2.45, 2.75) is 19.5 Å². The van der Waals surface area contributed by atoms with E-state index in [9.17, 15) is 19.7 Å². The maximum atomic E-state index is 13.4. The van der Waals surface area contributed by atoms with E-state index in [1.807, 2.05) is 29.9 Å². The monoisotopic (exact) mass is 468 g/mol. The maximum absolute atomic E-state index is 13.4. The van der Waals surface area contributed by atoms with Crippen molar-refractivity contribution >= 4 is 17.5 Å². The molecule has 34 heavy (non-hydrogen) atoms. The van der Waals surface area contributed by atoms with Gasteiger partial charge in [0, 0.05) is 56.9 Å². The molecule has 3 rings (SSSR count). The number of methoxy groups -OCH3 is 1. The molecule has 0 aliphatic carbocycles. The summed E-state index contributed by atoms with van der Waals surface area (Å²) in [6, 6.07) is 12.7. The van der Waals surface area contributed by atoms with E-state index >= 15 is 0 Å². The Labute approximate surface area is 197 Å². The fourth-order valence-corrected chi connectivity index (χ4v) is 3.50. The molecule has 3 aromatic rings. The summed E-state index contributed by atoms with van der Waals surface area (Å²) < 4.78 is 12.5. The average molecular weight is 469 g/mol. The Morgan fingerprint density at radius 2 is 1.85 bits per heavy atom. The molecule has 0 N–H and O–H groups in total. The number of nitro groups is 1. The number of carbonyl (C=O) groups excluding carboxylic acids is 2. The van der Waals surface area contributed by atoms with Gasteiger partial charge in [-0.05, 0) is 42.8 Å². The van der Waals surface area contributed by atoms with Crippen LogP contribution in [0.25, 0.3) is 0 Å². The van der Waals surface area contributed by atoms with Crippen LogP contribution in [0.2, 0.25) is 0 Å². The molecular formula is C24H28N4O6. The number of amides is 2. The van der Waals surface area contributed by atoms with E-state index in [2.05, 4.69) is 0 Å². The maximum Gasteiger partial charge on any atom is 0.269 e. The van der Waals surface area contributed by atoms with E-state index in [0.29, 0.717) is 31.9 Å². The van der Waals surface area contributed by atoms with Gasteiger partial charge in [0.1, 0.15) is 12.3 Å². The highest BCUT2D eigenvalue weighted by molar-refractivity contribution is 5.96. The number of hydrogen-bond donors (Lipinski definition) is 0. The molecule has 0 spiro atoms. The molecule has 1 aromatic carbocycles. The fraction of sp³-hybridized carbons (Fsp3) is 0.333. The fourth-order valence-electron chi connectivity index (χ4n) is 3.50. The molecule has 180 valence electrons. The zero-order valence-electron chi connectivity index (χ0n) is 19.3. The van der Waals surface area contributed by atoms with Crippen molar-refractivity contribution in [2.75, 3.05) is 26.8 Å². The predicted octanol–water partition coefficient (Wildman–Crippen LogP) is 3.23.